The highest BCUT2D eigenvalue weighted by atomic mass is 32.1. The number of nitrogens with zero attached hydrogens (tertiary/aromatic N) is 3. The third kappa shape index (κ3) is 3.54. The lowest BCUT2D eigenvalue weighted by atomic mass is 9.96. The van der Waals surface area contributed by atoms with Crippen molar-refractivity contribution in [3.05, 3.63) is 89.3 Å². The average molecular weight is 458 g/mol. The maximum Gasteiger partial charge on any atom is 0.301 e. The first-order valence-corrected chi connectivity index (χ1v) is 11.0. The number of benzene rings is 2. The van der Waals surface area contributed by atoms with E-state index in [4.69, 9.17) is 4.74 Å². The summed E-state index contributed by atoms with van der Waals surface area (Å²) in [4.78, 5) is 36.5. The molecule has 33 heavy (non-hydrogen) atoms. The topological polar surface area (TPSA) is 92.6 Å². The van der Waals surface area contributed by atoms with E-state index in [0.29, 0.717) is 22.0 Å². The van der Waals surface area contributed by atoms with Gasteiger partial charge < -0.3 is 9.84 Å². The number of hydrogen-bond donors (Lipinski definition) is 1. The van der Waals surface area contributed by atoms with E-state index in [1.165, 1.54) is 16.2 Å². The molecule has 5 rings (SSSR count). The van der Waals surface area contributed by atoms with E-state index in [1.807, 2.05) is 25.1 Å². The first-order chi connectivity index (χ1) is 16.0. The highest BCUT2D eigenvalue weighted by Gasteiger charge is 2.48. The van der Waals surface area contributed by atoms with Crippen LogP contribution >= 0.6 is 11.3 Å². The Hall–Kier alpha value is -4.04. The molecule has 2 aromatic carbocycles. The maximum atomic E-state index is 13.2. The molecule has 7 nitrogen and oxygen atoms in total. The largest absolute Gasteiger partial charge is 0.507 e. The number of anilines is 1. The van der Waals surface area contributed by atoms with Gasteiger partial charge >= 0.3 is 5.91 Å². The van der Waals surface area contributed by atoms with Crippen molar-refractivity contribution >= 4 is 44.1 Å². The van der Waals surface area contributed by atoms with Crippen molar-refractivity contribution in [1.29, 1.82) is 0 Å². The minimum atomic E-state index is -0.836. The zero-order valence-electron chi connectivity index (χ0n) is 17.9. The lowest BCUT2D eigenvalue weighted by Crippen LogP contribution is -2.29. The number of aliphatic hydroxyl groups is 1. The van der Waals surface area contributed by atoms with Crippen molar-refractivity contribution in [2.24, 2.45) is 0 Å². The van der Waals surface area contributed by atoms with Crippen LogP contribution in [0.1, 0.15) is 22.7 Å². The number of thiazole rings is 1. The van der Waals surface area contributed by atoms with E-state index in [-0.39, 0.29) is 11.3 Å². The van der Waals surface area contributed by atoms with Gasteiger partial charge in [0, 0.05) is 18.0 Å². The number of aromatic nitrogens is 2. The van der Waals surface area contributed by atoms with Crippen LogP contribution in [0.3, 0.4) is 0 Å². The molecule has 0 radical (unpaired) electrons. The molecule has 1 amide bonds. The van der Waals surface area contributed by atoms with E-state index in [9.17, 15) is 14.7 Å². The summed E-state index contributed by atoms with van der Waals surface area (Å²) in [7, 11) is 1.54. The minimum Gasteiger partial charge on any atom is -0.507 e. The minimum absolute atomic E-state index is 0.00630. The van der Waals surface area contributed by atoms with Crippen LogP contribution in [0.4, 0.5) is 5.13 Å². The molecule has 1 fully saturated rings. The molecule has 3 heterocycles. The fourth-order valence-electron chi connectivity index (χ4n) is 3.92. The number of methoxy groups -OCH3 is 1. The lowest BCUT2D eigenvalue weighted by Gasteiger charge is -2.22. The molecular formula is C25H19N3O4S. The Kier molecular flexibility index (Phi) is 5.14. The number of fused-ring (bicyclic) bond motifs is 1. The third-order valence-corrected chi connectivity index (χ3v) is 6.59. The van der Waals surface area contributed by atoms with E-state index < -0.39 is 17.7 Å². The standard InChI is InChI=1S/C25H19N3O4S/c1-14-3-8-18-19(13-14)33-25(27-18)28-21(15-9-11-26-12-10-15)20(23(30)24(28)31)22(29)16-4-6-17(32-2)7-5-16/h3-13,21,29H,1-2H3. The van der Waals surface area contributed by atoms with Crippen molar-refractivity contribution in [3.8, 4) is 5.75 Å². The molecule has 0 spiro atoms. The number of Topliss-reactive ketones (excluding diaryl/α,β-unsaturated/α-hetero) is 1. The van der Waals surface area contributed by atoms with Crippen LogP contribution in [-0.4, -0.2) is 33.9 Å². The number of hydrogen-bond acceptors (Lipinski definition) is 7. The van der Waals surface area contributed by atoms with Crippen LogP contribution in [0.25, 0.3) is 16.0 Å². The SMILES string of the molecule is COc1ccc(C(O)=C2C(=O)C(=O)N(c3nc4ccc(C)cc4s3)C2c2ccncc2)cc1. The summed E-state index contributed by atoms with van der Waals surface area (Å²) >= 11 is 1.33. The second kappa shape index (κ2) is 8.14. The highest BCUT2D eigenvalue weighted by Crippen LogP contribution is 2.44. The van der Waals surface area contributed by atoms with Crippen LogP contribution < -0.4 is 9.64 Å². The first-order valence-electron chi connectivity index (χ1n) is 10.2. The lowest BCUT2D eigenvalue weighted by molar-refractivity contribution is -0.132. The van der Waals surface area contributed by atoms with Gasteiger partial charge in [-0.25, -0.2) is 4.98 Å². The Morgan fingerprint density at radius 2 is 1.79 bits per heavy atom. The summed E-state index contributed by atoms with van der Waals surface area (Å²) in [6.45, 7) is 1.98. The molecule has 1 atom stereocenters. The number of aliphatic hydroxyl groups excluding tert-OH is 1. The van der Waals surface area contributed by atoms with Crippen molar-refractivity contribution in [2.45, 2.75) is 13.0 Å². The summed E-state index contributed by atoms with van der Waals surface area (Å²) in [6, 6.07) is 15.1. The summed E-state index contributed by atoms with van der Waals surface area (Å²) in [5, 5.41) is 11.5. The highest BCUT2D eigenvalue weighted by molar-refractivity contribution is 7.22. The van der Waals surface area contributed by atoms with Gasteiger partial charge in [0.2, 0.25) is 0 Å². The van der Waals surface area contributed by atoms with Crippen LogP contribution in [0, 0.1) is 6.92 Å². The van der Waals surface area contributed by atoms with Crippen molar-refractivity contribution < 1.29 is 19.4 Å². The van der Waals surface area contributed by atoms with Gasteiger partial charge in [0.05, 0.1) is 28.9 Å². The molecular weight excluding hydrogens is 438 g/mol. The van der Waals surface area contributed by atoms with Gasteiger partial charge in [0.1, 0.15) is 11.5 Å². The summed E-state index contributed by atoms with van der Waals surface area (Å²) in [6.07, 6.45) is 3.18. The fraction of sp³-hybridized carbons (Fsp3) is 0.120. The van der Waals surface area contributed by atoms with E-state index in [0.717, 1.165) is 15.8 Å². The van der Waals surface area contributed by atoms with Crippen molar-refractivity contribution in [3.63, 3.8) is 0 Å². The van der Waals surface area contributed by atoms with Gasteiger partial charge in [-0.3, -0.25) is 19.5 Å². The number of ketones is 1. The molecule has 1 N–H and O–H groups in total. The normalized spacial score (nSPS) is 17.6. The van der Waals surface area contributed by atoms with Crippen LogP contribution in [0.2, 0.25) is 0 Å². The second-order valence-corrected chi connectivity index (χ2v) is 8.65. The summed E-state index contributed by atoms with van der Waals surface area (Å²) in [5.41, 5.74) is 2.88. The zero-order valence-corrected chi connectivity index (χ0v) is 18.7. The number of carbonyl (C=O) groups excluding carboxylic acids is 2. The maximum absolute atomic E-state index is 13.2. The van der Waals surface area contributed by atoms with Crippen molar-refractivity contribution in [2.75, 3.05) is 12.0 Å². The van der Waals surface area contributed by atoms with Crippen LogP contribution in [-0.2, 0) is 9.59 Å². The van der Waals surface area contributed by atoms with Crippen LogP contribution in [0.15, 0.2) is 72.6 Å². The molecule has 0 saturated carbocycles. The second-order valence-electron chi connectivity index (χ2n) is 7.65. The average Bonchev–Trinajstić information content (AvgIpc) is 3.37. The van der Waals surface area contributed by atoms with Gasteiger partial charge in [0.25, 0.3) is 5.78 Å². The third-order valence-electron chi connectivity index (χ3n) is 5.57. The van der Waals surface area contributed by atoms with Gasteiger partial charge in [-0.1, -0.05) is 17.4 Å². The number of carbonyl (C=O) groups is 2. The first kappa shape index (κ1) is 20.8. The Bertz CT molecular complexity index is 1410. The zero-order chi connectivity index (χ0) is 23.1. The number of amides is 1. The monoisotopic (exact) mass is 457 g/mol. The van der Waals surface area contributed by atoms with Crippen molar-refractivity contribution in [1.82, 2.24) is 9.97 Å². The molecule has 1 saturated heterocycles. The molecule has 4 aromatic rings. The molecule has 1 aliphatic heterocycles. The quantitative estimate of drug-likeness (QED) is 0.273. The Balaban J connectivity index is 1.70. The molecule has 0 bridgehead atoms. The Morgan fingerprint density at radius 1 is 1.06 bits per heavy atom. The van der Waals surface area contributed by atoms with E-state index >= 15 is 0 Å². The predicted molar refractivity (Wildman–Crippen MR) is 126 cm³/mol. The number of ether oxygens (including phenoxy) is 1. The van der Waals surface area contributed by atoms with E-state index in [1.54, 1.807) is 55.9 Å². The van der Waals surface area contributed by atoms with Crippen LogP contribution in [0.5, 0.6) is 5.75 Å². The molecule has 2 aromatic heterocycles. The van der Waals surface area contributed by atoms with E-state index in [2.05, 4.69) is 9.97 Å². The predicted octanol–water partition coefficient (Wildman–Crippen LogP) is 4.63. The Labute approximate surface area is 193 Å². The number of pyridine rings is 1. The summed E-state index contributed by atoms with van der Waals surface area (Å²) in [5.74, 6) is -1.14. The number of rotatable bonds is 4. The molecule has 1 unspecified atom stereocenters. The smallest absolute Gasteiger partial charge is 0.301 e. The fourth-order valence-corrected chi connectivity index (χ4v) is 5.01. The molecule has 164 valence electrons. The summed E-state index contributed by atoms with van der Waals surface area (Å²) < 4.78 is 6.09. The van der Waals surface area contributed by atoms with Gasteiger partial charge in [-0.05, 0) is 66.6 Å². The van der Waals surface area contributed by atoms with Gasteiger partial charge in [-0.15, -0.1) is 0 Å². The molecule has 8 heteroatoms. The van der Waals surface area contributed by atoms with Gasteiger partial charge in [0.15, 0.2) is 5.13 Å². The molecule has 0 aliphatic carbocycles. The van der Waals surface area contributed by atoms with Gasteiger partial charge in [-0.2, -0.15) is 0 Å². The molecule has 1 aliphatic rings. The Morgan fingerprint density at radius 3 is 2.48 bits per heavy atom. The number of aryl methyl sites for hydroxylation is 1.